The fraction of sp³-hybridized carbons (Fsp3) is 0.0833. The first kappa shape index (κ1) is 21.4. The van der Waals surface area contributed by atoms with E-state index in [1.807, 2.05) is 0 Å². The van der Waals surface area contributed by atoms with Gasteiger partial charge in [0.25, 0.3) is 0 Å². The molecule has 7 nitrogen and oxygen atoms in total. The van der Waals surface area contributed by atoms with E-state index in [4.69, 9.17) is 4.74 Å². The molecule has 0 bridgehead atoms. The topological polar surface area (TPSA) is 124 Å². The zero-order chi connectivity index (χ0) is 22.5. The lowest BCUT2D eigenvalue weighted by molar-refractivity contribution is -0.137. The Hall–Kier alpha value is -4.26. The Bertz CT molecular complexity index is 1160. The first-order valence-corrected chi connectivity index (χ1v) is 9.32. The molecule has 0 saturated heterocycles. The fourth-order valence-electron chi connectivity index (χ4n) is 3.12. The summed E-state index contributed by atoms with van der Waals surface area (Å²) < 4.78 is 4.97. The lowest BCUT2D eigenvalue weighted by Crippen LogP contribution is -2.04. The van der Waals surface area contributed by atoms with Crippen molar-refractivity contribution < 1.29 is 34.8 Å². The van der Waals surface area contributed by atoms with Gasteiger partial charge in [0, 0.05) is 18.6 Å². The van der Waals surface area contributed by atoms with Crippen LogP contribution in [-0.4, -0.2) is 38.8 Å². The molecule has 3 aromatic rings. The summed E-state index contributed by atoms with van der Waals surface area (Å²) in [6.45, 7) is 3.46. The number of ketones is 1. The molecule has 7 heteroatoms. The number of aromatic hydroxyl groups is 4. The molecule has 0 unspecified atom stereocenters. The minimum atomic E-state index is -0.677. The number of benzene rings is 3. The van der Waals surface area contributed by atoms with E-state index in [0.29, 0.717) is 12.0 Å². The molecular weight excluding hydrogens is 400 g/mol. The number of rotatable bonds is 7. The first-order chi connectivity index (χ1) is 14.8. The minimum Gasteiger partial charge on any atom is -0.508 e. The predicted molar refractivity (Wildman–Crippen MR) is 113 cm³/mol. The molecule has 0 aromatic heterocycles. The van der Waals surface area contributed by atoms with Gasteiger partial charge in [-0.2, -0.15) is 0 Å². The summed E-state index contributed by atoms with van der Waals surface area (Å²) in [5.41, 5.74) is 1.05. The van der Waals surface area contributed by atoms with Gasteiger partial charge in [0.1, 0.15) is 23.0 Å². The highest BCUT2D eigenvalue weighted by molar-refractivity contribution is 6.13. The van der Waals surface area contributed by atoms with Crippen molar-refractivity contribution in [2.75, 3.05) is 6.61 Å². The second-order valence-corrected chi connectivity index (χ2v) is 6.71. The maximum Gasteiger partial charge on any atom is 0.330 e. The largest absolute Gasteiger partial charge is 0.508 e. The Labute approximate surface area is 178 Å². The molecule has 0 aliphatic carbocycles. The van der Waals surface area contributed by atoms with Gasteiger partial charge in [-0.25, -0.2) is 4.79 Å². The van der Waals surface area contributed by atoms with Crippen molar-refractivity contribution in [1.29, 1.82) is 0 Å². The number of hydrogen-bond acceptors (Lipinski definition) is 7. The molecule has 4 N–H and O–H groups in total. The predicted octanol–water partition coefficient (Wildman–Crippen LogP) is 3.68. The van der Waals surface area contributed by atoms with Gasteiger partial charge >= 0.3 is 5.97 Å². The van der Waals surface area contributed by atoms with E-state index < -0.39 is 23.3 Å². The molecule has 0 spiro atoms. The summed E-state index contributed by atoms with van der Waals surface area (Å²) in [5.74, 6) is -2.54. The van der Waals surface area contributed by atoms with Crippen molar-refractivity contribution >= 4 is 11.8 Å². The van der Waals surface area contributed by atoms with Crippen LogP contribution in [-0.2, 0) is 16.0 Å². The number of phenols is 4. The molecule has 31 heavy (non-hydrogen) atoms. The molecule has 0 aliphatic rings. The third-order valence-electron chi connectivity index (χ3n) is 4.64. The molecule has 0 radical (unpaired) electrons. The molecule has 0 aliphatic heterocycles. The Kier molecular flexibility index (Phi) is 6.26. The number of carbonyl (C=O) groups is 2. The monoisotopic (exact) mass is 420 g/mol. The third kappa shape index (κ3) is 4.67. The second-order valence-electron chi connectivity index (χ2n) is 6.71. The van der Waals surface area contributed by atoms with Crippen molar-refractivity contribution in [2.24, 2.45) is 0 Å². The Balaban J connectivity index is 1.96. The van der Waals surface area contributed by atoms with E-state index in [9.17, 15) is 30.0 Å². The molecule has 0 amide bonds. The molecular formula is C24H20O7. The fourth-order valence-corrected chi connectivity index (χ4v) is 3.12. The maximum absolute atomic E-state index is 12.9. The van der Waals surface area contributed by atoms with Crippen LogP contribution in [0.3, 0.4) is 0 Å². The average Bonchev–Trinajstić information content (AvgIpc) is 2.73. The highest BCUT2D eigenvalue weighted by Crippen LogP contribution is 2.41. The van der Waals surface area contributed by atoms with E-state index in [-0.39, 0.29) is 34.8 Å². The number of carbonyl (C=O) groups excluding carboxylic acids is 2. The van der Waals surface area contributed by atoms with Gasteiger partial charge in [0.15, 0.2) is 5.78 Å². The standard InChI is InChI=1S/C24H20O7/c1-2-21(28)31-11-10-14-4-3-5-15(12-14)22-19(26)9-8-18(24(22)30)23(29)17-7-6-16(25)13-20(17)27/h2-9,12-13,25-27,30H,1,10-11H2. The summed E-state index contributed by atoms with van der Waals surface area (Å²) in [6, 6.07) is 12.9. The first-order valence-electron chi connectivity index (χ1n) is 9.32. The summed E-state index contributed by atoms with van der Waals surface area (Å²) >= 11 is 0. The quantitative estimate of drug-likeness (QED) is 0.261. The zero-order valence-electron chi connectivity index (χ0n) is 16.4. The van der Waals surface area contributed by atoms with Crippen LogP contribution in [0, 0.1) is 0 Å². The molecule has 158 valence electrons. The second kappa shape index (κ2) is 9.04. The van der Waals surface area contributed by atoms with Crippen LogP contribution in [0.2, 0.25) is 0 Å². The van der Waals surface area contributed by atoms with Crippen molar-refractivity contribution in [1.82, 2.24) is 0 Å². The summed E-state index contributed by atoms with van der Waals surface area (Å²) in [4.78, 5) is 24.0. The van der Waals surface area contributed by atoms with Crippen molar-refractivity contribution in [3.8, 4) is 34.1 Å². The van der Waals surface area contributed by atoms with Gasteiger partial charge in [0.05, 0.1) is 23.3 Å². The van der Waals surface area contributed by atoms with Crippen molar-refractivity contribution in [3.05, 3.63) is 83.9 Å². The van der Waals surface area contributed by atoms with Crippen LogP contribution in [0.1, 0.15) is 21.5 Å². The smallest absolute Gasteiger partial charge is 0.330 e. The normalized spacial score (nSPS) is 10.5. The van der Waals surface area contributed by atoms with E-state index in [0.717, 1.165) is 17.7 Å². The maximum atomic E-state index is 12.9. The van der Waals surface area contributed by atoms with E-state index >= 15 is 0 Å². The van der Waals surface area contributed by atoms with Crippen molar-refractivity contribution in [3.63, 3.8) is 0 Å². The summed E-state index contributed by atoms with van der Waals surface area (Å²) in [6.07, 6.45) is 1.47. The van der Waals surface area contributed by atoms with Gasteiger partial charge < -0.3 is 25.2 Å². The lowest BCUT2D eigenvalue weighted by Gasteiger charge is -2.13. The van der Waals surface area contributed by atoms with Gasteiger partial charge in [-0.15, -0.1) is 0 Å². The Morgan fingerprint density at radius 1 is 0.903 bits per heavy atom. The molecule has 3 rings (SSSR count). The highest BCUT2D eigenvalue weighted by Gasteiger charge is 2.22. The molecule has 0 fully saturated rings. The van der Waals surface area contributed by atoms with E-state index in [2.05, 4.69) is 6.58 Å². The third-order valence-corrected chi connectivity index (χ3v) is 4.64. The Morgan fingerprint density at radius 2 is 1.65 bits per heavy atom. The van der Waals surface area contributed by atoms with Crippen LogP contribution >= 0.6 is 0 Å². The van der Waals surface area contributed by atoms with Crippen LogP contribution in [0.25, 0.3) is 11.1 Å². The van der Waals surface area contributed by atoms with Crippen LogP contribution in [0.15, 0.2) is 67.3 Å². The van der Waals surface area contributed by atoms with Gasteiger partial charge in [0.2, 0.25) is 0 Å². The van der Waals surface area contributed by atoms with Gasteiger partial charge in [-0.1, -0.05) is 30.8 Å². The van der Waals surface area contributed by atoms with E-state index in [1.54, 1.807) is 24.3 Å². The Morgan fingerprint density at radius 3 is 2.35 bits per heavy atom. The highest BCUT2D eigenvalue weighted by atomic mass is 16.5. The van der Waals surface area contributed by atoms with Gasteiger partial charge in [-0.3, -0.25) is 4.79 Å². The van der Waals surface area contributed by atoms with Crippen LogP contribution in [0.5, 0.6) is 23.0 Å². The molecule has 0 saturated carbocycles. The number of phenolic OH excluding ortho intramolecular Hbond substituents is 4. The SMILES string of the molecule is C=CC(=O)OCCc1cccc(-c2c(O)ccc(C(=O)c3ccc(O)cc3O)c2O)c1. The number of hydrogen-bond donors (Lipinski definition) is 4. The molecule has 0 atom stereocenters. The number of esters is 1. The summed E-state index contributed by atoms with van der Waals surface area (Å²) in [7, 11) is 0. The van der Waals surface area contributed by atoms with E-state index in [1.165, 1.54) is 24.3 Å². The average molecular weight is 420 g/mol. The lowest BCUT2D eigenvalue weighted by atomic mass is 9.94. The van der Waals surface area contributed by atoms with Crippen LogP contribution in [0.4, 0.5) is 0 Å². The molecule has 0 heterocycles. The molecule has 3 aromatic carbocycles. The van der Waals surface area contributed by atoms with Gasteiger partial charge in [-0.05, 0) is 35.4 Å². The summed E-state index contributed by atoms with van der Waals surface area (Å²) in [5, 5.41) is 40.5. The van der Waals surface area contributed by atoms with Crippen molar-refractivity contribution in [2.45, 2.75) is 6.42 Å². The van der Waals surface area contributed by atoms with Crippen LogP contribution < -0.4 is 0 Å². The zero-order valence-corrected chi connectivity index (χ0v) is 16.4. The minimum absolute atomic E-state index is 0.0501. The number of ether oxygens (including phenoxy) is 1.